The van der Waals surface area contributed by atoms with Crippen LogP contribution in [0.5, 0.6) is 5.75 Å². The van der Waals surface area contributed by atoms with Crippen LogP contribution in [-0.4, -0.2) is 39.4 Å². The van der Waals surface area contributed by atoms with Crippen molar-refractivity contribution < 1.29 is 19.4 Å². The van der Waals surface area contributed by atoms with E-state index in [4.69, 9.17) is 17.0 Å². The third-order valence-electron chi connectivity index (χ3n) is 3.96. The van der Waals surface area contributed by atoms with Gasteiger partial charge >= 0.3 is 5.97 Å². The van der Waals surface area contributed by atoms with Gasteiger partial charge in [0.15, 0.2) is 0 Å². The van der Waals surface area contributed by atoms with Crippen LogP contribution in [0, 0.1) is 5.92 Å². The molecule has 24 heavy (non-hydrogen) atoms. The van der Waals surface area contributed by atoms with Gasteiger partial charge in [-0.25, -0.2) is 4.79 Å². The first-order valence-corrected chi connectivity index (χ1v) is 8.76. The first kappa shape index (κ1) is 18.5. The molecule has 1 N–H and O–H groups in total. The molecule has 2 rings (SSSR count). The number of thioether (sulfide) groups is 1. The molecule has 1 fully saturated rings. The summed E-state index contributed by atoms with van der Waals surface area (Å²) in [6.45, 7) is 3.70. The fraction of sp³-hybridized carbons (Fsp3) is 0.353. The van der Waals surface area contributed by atoms with Crippen LogP contribution in [0.2, 0.25) is 0 Å². The van der Waals surface area contributed by atoms with E-state index in [1.807, 2.05) is 25.1 Å². The quantitative estimate of drug-likeness (QED) is 0.616. The zero-order valence-electron chi connectivity index (χ0n) is 13.7. The molecule has 5 nitrogen and oxygen atoms in total. The SMILES string of the molecule is CC[C@@H](C)[C@@H](C(=O)O)N1C(=O)/C(=C/c2ccccc2OC)SC1=S. The van der Waals surface area contributed by atoms with E-state index in [0.717, 1.165) is 17.3 Å². The number of aliphatic carboxylic acids is 1. The van der Waals surface area contributed by atoms with Gasteiger partial charge in [-0.1, -0.05) is 62.4 Å². The summed E-state index contributed by atoms with van der Waals surface area (Å²) in [5, 5.41) is 9.53. The summed E-state index contributed by atoms with van der Waals surface area (Å²) in [6.07, 6.45) is 2.33. The number of para-hydroxylation sites is 1. The van der Waals surface area contributed by atoms with Crippen molar-refractivity contribution in [2.24, 2.45) is 5.92 Å². The van der Waals surface area contributed by atoms with Gasteiger partial charge in [-0.2, -0.15) is 0 Å². The smallest absolute Gasteiger partial charge is 0.327 e. The molecule has 7 heteroatoms. The Kier molecular flexibility index (Phi) is 6.01. The molecule has 0 aromatic heterocycles. The molecule has 0 aliphatic carbocycles. The first-order chi connectivity index (χ1) is 11.4. The molecule has 0 unspecified atom stereocenters. The highest BCUT2D eigenvalue weighted by Crippen LogP contribution is 2.37. The fourth-order valence-electron chi connectivity index (χ4n) is 2.48. The lowest BCUT2D eigenvalue weighted by atomic mass is 9.98. The predicted octanol–water partition coefficient (Wildman–Crippen LogP) is 3.40. The van der Waals surface area contributed by atoms with E-state index in [2.05, 4.69) is 0 Å². The second kappa shape index (κ2) is 7.81. The number of ether oxygens (including phenoxy) is 1. The maximum Gasteiger partial charge on any atom is 0.327 e. The second-order valence-electron chi connectivity index (χ2n) is 5.46. The van der Waals surface area contributed by atoms with Gasteiger partial charge in [0.05, 0.1) is 12.0 Å². The summed E-state index contributed by atoms with van der Waals surface area (Å²) >= 11 is 6.39. The zero-order chi connectivity index (χ0) is 17.9. The number of amides is 1. The first-order valence-electron chi connectivity index (χ1n) is 7.53. The van der Waals surface area contributed by atoms with Crippen molar-refractivity contribution in [3.8, 4) is 5.75 Å². The van der Waals surface area contributed by atoms with Crippen LogP contribution in [0.15, 0.2) is 29.2 Å². The van der Waals surface area contributed by atoms with Gasteiger partial charge in [0.2, 0.25) is 0 Å². The number of thiocarbonyl (C=S) groups is 1. The van der Waals surface area contributed by atoms with Gasteiger partial charge < -0.3 is 9.84 Å². The molecule has 0 bridgehead atoms. The van der Waals surface area contributed by atoms with E-state index in [-0.39, 0.29) is 16.1 Å². The Morgan fingerprint density at radius 2 is 2.12 bits per heavy atom. The molecule has 0 radical (unpaired) electrons. The van der Waals surface area contributed by atoms with Gasteiger partial charge in [0.1, 0.15) is 16.1 Å². The molecule has 0 spiro atoms. The van der Waals surface area contributed by atoms with Gasteiger partial charge in [-0.3, -0.25) is 9.69 Å². The van der Waals surface area contributed by atoms with Crippen LogP contribution in [-0.2, 0) is 9.59 Å². The second-order valence-corrected chi connectivity index (χ2v) is 7.14. The van der Waals surface area contributed by atoms with Crippen molar-refractivity contribution in [2.45, 2.75) is 26.3 Å². The monoisotopic (exact) mass is 365 g/mol. The zero-order valence-corrected chi connectivity index (χ0v) is 15.3. The summed E-state index contributed by atoms with van der Waals surface area (Å²) in [5.41, 5.74) is 0.746. The molecule has 1 aromatic rings. The standard InChI is InChI=1S/C17H19NO4S2/c1-4-10(2)14(16(20)21)18-15(19)13(24-17(18)23)9-11-7-5-6-8-12(11)22-3/h5-10,14H,4H2,1-3H3,(H,20,21)/b13-9-/t10-,14+/m1/s1. The maximum atomic E-state index is 12.7. The fourth-order valence-corrected chi connectivity index (χ4v) is 3.80. The molecule has 1 aromatic carbocycles. The van der Waals surface area contributed by atoms with Gasteiger partial charge in [0, 0.05) is 5.56 Å². The molecule has 1 amide bonds. The number of hydrogen-bond acceptors (Lipinski definition) is 5. The highest BCUT2D eigenvalue weighted by Gasteiger charge is 2.42. The van der Waals surface area contributed by atoms with Crippen molar-refractivity contribution in [3.05, 3.63) is 34.7 Å². The van der Waals surface area contributed by atoms with Crippen molar-refractivity contribution in [1.82, 2.24) is 4.90 Å². The Labute approximate surface area is 150 Å². The molecule has 1 aliphatic rings. The number of methoxy groups -OCH3 is 1. The van der Waals surface area contributed by atoms with Crippen LogP contribution < -0.4 is 4.74 Å². The third-order valence-corrected chi connectivity index (χ3v) is 5.29. The van der Waals surface area contributed by atoms with Crippen molar-refractivity contribution in [3.63, 3.8) is 0 Å². The van der Waals surface area contributed by atoms with Crippen LogP contribution >= 0.6 is 24.0 Å². The van der Waals surface area contributed by atoms with E-state index >= 15 is 0 Å². The van der Waals surface area contributed by atoms with E-state index in [0.29, 0.717) is 17.1 Å². The summed E-state index contributed by atoms with van der Waals surface area (Å²) in [5.74, 6) is -0.974. The van der Waals surface area contributed by atoms with Crippen molar-refractivity contribution >= 4 is 46.3 Å². The molecule has 1 aliphatic heterocycles. The van der Waals surface area contributed by atoms with Crippen LogP contribution in [0.25, 0.3) is 6.08 Å². The summed E-state index contributed by atoms with van der Waals surface area (Å²) < 4.78 is 5.55. The number of nitrogens with zero attached hydrogens (tertiary/aromatic N) is 1. The number of benzene rings is 1. The van der Waals surface area contributed by atoms with Crippen LogP contribution in [0.1, 0.15) is 25.8 Å². The van der Waals surface area contributed by atoms with Gasteiger partial charge in [-0.05, 0) is 18.1 Å². The highest BCUT2D eigenvalue weighted by molar-refractivity contribution is 8.26. The molecule has 2 atom stereocenters. The minimum Gasteiger partial charge on any atom is -0.496 e. The van der Waals surface area contributed by atoms with Crippen molar-refractivity contribution in [1.29, 1.82) is 0 Å². The number of carboxylic acid groups (broad SMARTS) is 1. The Balaban J connectivity index is 2.38. The molecule has 1 saturated heterocycles. The third kappa shape index (κ3) is 3.62. The number of rotatable bonds is 6. The van der Waals surface area contributed by atoms with Gasteiger partial charge in [0.25, 0.3) is 5.91 Å². The summed E-state index contributed by atoms with van der Waals surface area (Å²) in [4.78, 5) is 26.0. The van der Waals surface area contributed by atoms with E-state index in [9.17, 15) is 14.7 Å². The highest BCUT2D eigenvalue weighted by atomic mass is 32.2. The summed E-state index contributed by atoms with van der Waals surface area (Å²) in [6, 6.07) is 6.35. The Bertz CT molecular complexity index is 702. The van der Waals surface area contributed by atoms with Crippen LogP contribution in [0.4, 0.5) is 0 Å². The summed E-state index contributed by atoms with van der Waals surface area (Å²) in [7, 11) is 1.56. The average Bonchev–Trinajstić information content (AvgIpc) is 2.83. The minimum atomic E-state index is -1.04. The Morgan fingerprint density at radius 3 is 2.71 bits per heavy atom. The van der Waals surface area contributed by atoms with Crippen LogP contribution in [0.3, 0.4) is 0 Å². The molecular formula is C17H19NO4S2. The molecule has 0 saturated carbocycles. The van der Waals surface area contributed by atoms with E-state index < -0.39 is 12.0 Å². The molecular weight excluding hydrogens is 346 g/mol. The molecule has 128 valence electrons. The average molecular weight is 365 g/mol. The number of carbonyl (C=O) groups excluding carboxylic acids is 1. The lowest BCUT2D eigenvalue weighted by Gasteiger charge is -2.27. The Morgan fingerprint density at radius 1 is 1.46 bits per heavy atom. The van der Waals surface area contributed by atoms with Crippen molar-refractivity contribution in [2.75, 3.05) is 7.11 Å². The minimum absolute atomic E-state index is 0.199. The van der Waals surface area contributed by atoms with Gasteiger partial charge in [-0.15, -0.1) is 0 Å². The normalized spacial score (nSPS) is 18.8. The number of carboxylic acids is 1. The molecule has 1 heterocycles. The lowest BCUT2D eigenvalue weighted by molar-refractivity contribution is -0.147. The lowest BCUT2D eigenvalue weighted by Crippen LogP contribution is -2.47. The predicted molar refractivity (Wildman–Crippen MR) is 98.9 cm³/mol. The number of carbonyl (C=O) groups is 2. The topological polar surface area (TPSA) is 66.8 Å². The largest absolute Gasteiger partial charge is 0.496 e. The van der Waals surface area contributed by atoms with E-state index in [1.54, 1.807) is 26.2 Å². The number of hydrogen-bond donors (Lipinski definition) is 1. The Hall–Kier alpha value is -1.86. The maximum absolute atomic E-state index is 12.7. The van der Waals surface area contributed by atoms with E-state index in [1.165, 1.54) is 4.90 Å².